The van der Waals surface area contributed by atoms with Gasteiger partial charge >= 0.3 is 0 Å². The molecule has 0 saturated heterocycles. The topological polar surface area (TPSA) is 4.93 Å². The molecular weight excluding hydrogens is 554 g/mol. The third-order valence-electron chi connectivity index (χ3n) is 7.81. The lowest BCUT2D eigenvalue weighted by Crippen LogP contribution is -2.74. The predicted molar refractivity (Wildman–Crippen MR) is 172 cm³/mol. The molecule has 6 aromatic carbocycles. The van der Waals surface area contributed by atoms with Crippen LogP contribution in [0.4, 0.5) is 0 Å². The normalized spacial score (nSPS) is 11.7. The monoisotopic (exact) mass is 579 g/mol. The van der Waals surface area contributed by atoms with Gasteiger partial charge in [-0.25, -0.2) is 0 Å². The second-order valence-corrected chi connectivity index (χ2v) is 14.6. The van der Waals surface area contributed by atoms with E-state index in [0.29, 0.717) is 0 Å². The maximum atomic E-state index is 3.88. The van der Waals surface area contributed by atoms with E-state index < -0.39 is 8.07 Å². The maximum absolute atomic E-state index is 3.88. The number of fused-ring (bicyclic) bond motifs is 3. The van der Waals surface area contributed by atoms with Gasteiger partial charge in [0.05, 0.1) is 11.0 Å². The van der Waals surface area contributed by atoms with Crippen molar-refractivity contribution < 1.29 is 0 Å². The average molecular weight is 581 g/mol. The number of aromatic nitrogens is 1. The van der Waals surface area contributed by atoms with E-state index in [-0.39, 0.29) is 0 Å². The summed E-state index contributed by atoms with van der Waals surface area (Å²) < 4.78 is 3.48. The van der Waals surface area contributed by atoms with Gasteiger partial charge in [0.1, 0.15) is 0 Å². The van der Waals surface area contributed by atoms with Crippen LogP contribution in [0.5, 0.6) is 0 Å². The van der Waals surface area contributed by atoms with Crippen LogP contribution in [0.25, 0.3) is 27.5 Å². The summed E-state index contributed by atoms with van der Waals surface area (Å²) in [5.74, 6) is 0. The van der Waals surface area contributed by atoms with Gasteiger partial charge in [-0.3, -0.25) is 0 Å². The molecule has 1 aromatic heterocycles. The molecule has 3 heteroatoms. The number of hydrogen-bond acceptors (Lipinski definition) is 0. The van der Waals surface area contributed by atoms with E-state index in [0.717, 1.165) is 10.2 Å². The van der Waals surface area contributed by atoms with E-state index in [1.54, 1.807) is 0 Å². The molecule has 7 aromatic rings. The third kappa shape index (κ3) is 3.81. The summed E-state index contributed by atoms with van der Waals surface area (Å²) >= 11 is 3.88. The van der Waals surface area contributed by atoms with Gasteiger partial charge in [0.15, 0.2) is 8.07 Å². The lowest BCUT2D eigenvalue weighted by atomic mass is 10.1. The first kappa shape index (κ1) is 23.9. The Hall–Kier alpha value is -4.18. The van der Waals surface area contributed by atoms with Crippen molar-refractivity contribution in [3.05, 3.63) is 162 Å². The summed E-state index contributed by atoms with van der Waals surface area (Å²) in [6.45, 7) is 0. The molecule has 0 fully saturated rings. The highest BCUT2D eigenvalue weighted by atomic mass is 79.9. The van der Waals surface area contributed by atoms with Gasteiger partial charge in [0, 0.05) is 20.9 Å². The fraction of sp³-hybridized carbons (Fsp3) is 0. The molecule has 0 bridgehead atoms. The van der Waals surface area contributed by atoms with E-state index in [9.17, 15) is 0 Å². The summed E-state index contributed by atoms with van der Waals surface area (Å²) in [4.78, 5) is 0. The van der Waals surface area contributed by atoms with Crippen molar-refractivity contribution in [2.24, 2.45) is 0 Å². The fourth-order valence-electron chi connectivity index (χ4n) is 6.17. The highest BCUT2D eigenvalue weighted by molar-refractivity contribution is 9.10. The summed E-state index contributed by atoms with van der Waals surface area (Å²) in [6.07, 6.45) is 0. The highest BCUT2D eigenvalue weighted by Crippen LogP contribution is 2.36. The molecular formula is C36H26BrNSi. The average Bonchev–Trinajstić information content (AvgIpc) is 3.35. The van der Waals surface area contributed by atoms with Crippen LogP contribution in [0.15, 0.2) is 162 Å². The molecule has 0 atom stereocenters. The highest BCUT2D eigenvalue weighted by Gasteiger charge is 2.41. The number of hydrogen-bond donors (Lipinski definition) is 0. The maximum Gasteiger partial charge on any atom is 0.179 e. The molecule has 186 valence electrons. The van der Waals surface area contributed by atoms with Crippen LogP contribution in [0.2, 0.25) is 0 Å². The minimum absolute atomic E-state index is 1.10. The summed E-state index contributed by atoms with van der Waals surface area (Å²) in [5.41, 5.74) is 3.57. The van der Waals surface area contributed by atoms with Gasteiger partial charge < -0.3 is 4.57 Å². The zero-order valence-corrected chi connectivity index (χ0v) is 23.9. The lowest BCUT2D eigenvalue weighted by Gasteiger charge is -2.34. The molecule has 0 N–H and O–H groups in total. The Morgan fingerprint density at radius 2 is 0.949 bits per heavy atom. The van der Waals surface area contributed by atoms with Gasteiger partial charge in [-0.1, -0.05) is 133 Å². The van der Waals surface area contributed by atoms with Crippen molar-refractivity contribution >= 4 is 66.6 Å². The van der Waals surface area contributed by atoms with Crippen LogP contribution >= 0.6 is 15.9 Å². The largest absolute Gasteiger partial charge is 0.308 e. The Bertz CT molecular complexity index is 1800. The van der Waals surface area contributed by atoms with Gasteiger partial charge in [-0.2, -0.15) is 0 Å². The zero-order valence-electron chi connectivity index (χ0n) is 21.3. The second kappa shape index (κ2) is 9.85. The predicted octanol–water partition coefficient (Wildman–Crippen LogP) is 6.92. The van der Waals surface area contributed by atoms with Gasteiger partial charge in [0.2, 0.25) is 0 Å². The van der Waals surface area contributed by atoms with Crippen LogP contribution in [-0.2, 0) is 0 Å². The number of para-hydroxylation sites is 2. The van der Waals surface area contributed by atoms with Crippen molar-refractivity contribution in [3.8, 4) is 5.69 Å². The van der Waals surface area contributed by atoms with E-state index in [4.69, 9.17) is 0 Å². The van der Waals surface area contributed by atoms with E-state index in [2.05, 4.69) is 178 Å². The van der Waals surface area contributed by atoms with Crippen molar-refractivity contribution in [2.45, 2.75) is 0 Å². The Morgan fingerprint density at radius 1 is 0.436 bits per heavy atom. The minimum Gasteiger partial charge on any atom is -0.308 e. The SMILES string of the molecule is Brc1cccc2c3cc([Si](c4ccccc4)(c4ccccc4)c4ccccc4)ccc3n(-c3ccccc3)c12. The molecule has 1 nitrogen and oxygen atoms in total. The molecule has 1 heterocycles. The third-order valence-corrected chi connectivity index (χ3v) is 13.2. The Kier molecular flexibility index (Phi) is 6.03. The van der Waals surface area contributed by atoms with Crippen molar-refractivity contribution in [2.75, 3.05) is 0 Å². The molecule has 0 saturated carbocycles. The number of benzene rings is 6. The lowest BCUT2D eigenvalue weighted by molar-refractivity contribution is 1.18. The molecule has 0 spiro atoms. The number of rotatable bonds is 5. The fourth-order valence-corrected chi connectivity index (χ4v) is 11.5. The van der Waals surface area contributed by atoms with Crippen LogP contribution < -0.4 is 20.7 Å². The van der Waals surface area contributed by atoms with Gasteiger partial charge in [-0.15, -0.1) is 0 Å². The molecule has 0 unspecified atom stereocenters. The quantitative estimate of drug-likeness (QED) is 0.154. The molecule has 39 heavy (non-hydrogen) atoms. The van der Waals surface area contributed by atoms with Crippen LogP contribution in [0.1, 0.15) is 0 Å². The first-order valence-electron chi connectivity index (χ1n) is 13.2. The Balaban J connectivity index is 1.62. The number of halogens is 1. The first-order chi connectivity index (χ1) is 19.3. The van der Waals surface area contributed by atoms with E-state index in [1.165, 1.54) is 42.6 Å². The number of nitrogens with zero attached hydrogens (tertiary/aromatic N) is 1. The van der Waals surface area contributed by atoms with E-state index in [1.807, 2.05) is 0 Å². The molecule has 7 rings (SSSR count). The standard InChI is InChI=1S/C36H26BrNSi/c37-34-23-13-22-32-33-26-31(24-25-35(33)38(36(32)34)27-14-5-1-6-15-27)39(28-16-7-2-8-17-28,29-18-9-3-10-19-29)30-20-11-4-12-21-30/h1-26H. The summed E-state index contributed by atoms with van der Waals surface area (Å²) in [6, 6.07) is 57.7. The second-order valence-electron chi connectivity index (χ2n) is 9.89. The minimum atomic E-state index is -2.61. The molecule has 0 aliphatic rings. The van der Waals surface area contributed by atoms with Gasteiger partial charge in [0.25, 0.3) is 0 Å². The van der Waals surface area contributed by atoms with Crippen LogP contribution in [-0.4, -0.2) is 12.6 Å². The first-order valence-corrected chi connectivity index (χ1v) is 16.0. The molecule has 0 amide bonds. The Morgan fingerprint density at radius 3 is 1.49 bits per heavy atom. The smallest absolute Gasteiger partial charge is 0.179 e. The van der Waals surface area contributed by atoms with Crippen molar-refractivity contribution in [1.29, 1.82) is 0 Å². The molecule has 0 radical (unpaired) electrons. The molecule has 0 aliphatic heterocycles. The van der Waals surface area contributed by atoms with Crippen molar-refractivity contribution in [1.82, 2.24) is 4.57 Å². The zero-order chi connectivity index (χ0) is 26.2. The van der Waals surface area contributed by atoms with Crippen LogP contribution in [0, 0.1) is 0 Å². The van der Waals surface area contributed by atoms with Gasteiger partial charge in [-0.05, 0) is 60.9 Å². The van der Waals surface area contributed by atoms with Crippen LogP contribution in [0.3, 0.4) is 0 Å². The molecule has 0 aliphatic carbocycles. The summed E-state index contributed by atoms with van der Waals surface area (Å²) in [5, 5.41) is 8.05. The van der Waals surface area contributed by atoms with E-state index >= 15 is 0 Å². The summed E-state index contributed by atoms with van der Waals surface area (Å²) in [7, 11) is -2.61. The van der Waals surface area contributed by atoms with Crippen molar-refractivity contribution in [3.63, 3.8) is 0 Å². The Labute approximate surface area is 238 Å².